The van der Waals surface area contributed by atoms with Crippen LogP contribution in [0, 0.1) is 6.92 Å². The molecule has 18 heavy (non-hydrogen) atoms. The van der Waals surface area contributed by atoms with E-state index in [1.165, 1.54) is 5.56 Å². The molecule has 0 bridgehead atoms. The van der Waals surface area contributed by atoms with E-state index < -0.39 is 0 Å². The first-order valence-corrected chi connectivity index (χ1v) is 6.02. The first kappa shape index (κ1) is 12.4. The van der Waals surface area contributed by atoms with Gasteiger partial charge in [-0.05, 0) is 43.7 Å². The Morgan fingerprint density at radius 3 is 2.39 bits per heavy atom. The molecule has 1 unspecified atom stereocenters. The Bertz CT molecular complexity index is 491. The van der Waals surface area contributed by atoms with Crippen LogP contribution in [0.3, 0.4) is 0 Å². The maximum Gasteiger partial charge on any atom is 0.118 e. The van der Waals surface area contributed by atoms with Crippen molar-refractivity contribution in [3.05, 3.63) is 53.9 Å². The van der Waals surface area contributed by atoms with E-state index in [9.17, 15) is 0 Å². The monoisotopic (exact) mass is 242 g/mol. The minimum atomic E-state index is 0.236. The maximum atomic E-state index is 5.15. The van der Waals surface area contributed by atoms with Crippen LogP contribution in [0.5, 0.6) is 5.75 Å². The number of hydrogen-bond donors (Lipinski definition) is 1. The number of aromatic nitrogens is 1. The fraction of sp³-hybridized carbons (Fsp3) is 0.267. The second kappa shape index (κ2) is 5.54. The van der Waals surface area contributed by atoms with Gasteiger partial charge in [0.15, 0.2) is 0 Å². The molecule has 0 amide bonds. The Balaban J connectivity index is 2.06. The molecule has 0 spiro atoms. The van der Waals surface area contributed by atoms with Crippen molar-refractivity contribution in [2.24, 2.45) is 0 Å². The minimum Gasteiger partial charge on any atom is -0.497 e. The molecule has 0 saturated heterocycles. The summed E-state index contributed by atoms with van der Waals surface area (Å²) in [6.45, 7) is 4.11. The van der Waals surface area contributed by atoms with Gasteiger partial charge in [-0.2, -0.15) is 0 Å². The van der Waals surface area contributed by atoms with Gasteiger partial charge in [0.25, 0.3) is 0 Å². The predicted molar refractivity (Wildman–Crippen MR) is 74.0 cm³/mol. The second-order valence-corrected chi connectivity index (χ2v) is 4.33. The third-order valence-electron chi connectivity index (χ3n) is 2.91. The van der Waals surface area contributed by atoms with E-state index in [4.69, 9.17) is 4.74 Å². The number of rotatable bonds is 4. The number of methoxy groups -OCH3 is 1. The van der Waals surface area contributed by atoms with Gasteiger partial charge in [-0.25, -0.2) is 0 Å². The average Bonchev–Trinajstić information content (AvgIpc) is 2.41. The van der Waals surface area contributed by atoms with Gasteiger partial charge in [0.1, 0.15) is 5.75 Å². The van der Waals surface area contributed by atoms with Crippen molar-refractivity contribution >= 4 is 5.69 Å². The van der Waals surface area contributed by atoms with E-state index in [1.807, 2.05) is 37.4 Å². The van der Waals surface area contributed by atoms with Gasteiger partial charge in [0, 0.05) is 11.7 Å². The van der Waals surface area contributed by atoms with Crippen LogP contribution in [0.25, 0.3) is 0 Å². The van der Waals surface area contributed by atoms with Crippen molar-refractivity contribution in [2.75, 3.05) is 12.4 Å². The zero-order valence-electron chi connectivity index (χ0n) is 11.0. The van der Waals surface area contributed by atoms with Gasteiger partial charge in [0.2, 0.25) is 0 Å². The Hall–Kier alpha value is -2.03. The third-order valence-corrected chi connectivity index (χ3v) is 2.91. The van der Waals surface area contributed by atoms with Crippen molar-refractivity contribution < 1.29 is 4.74 Å². The average molecular weight is 242 g/mol. The van der Waals surface area contributed by atoms with Crippen molar-refractivity contribution in [2.45, 2.75) is 19.9 Å². The summed E-state index contributed by atoms with van der Waals surface area (Å²) < 4.78 is 5.15. The van der Waals surface area contributed by atoms with E-state index in [0.29, 0.717) is 0 Å². The highest BCUT2D eigenvalue weighted by atomic mass is 16.5. The lowest BCUT2D eigenvalue weighted by atomic mass is 10.1. The molecule has 0 aliphatic rings. The van der Waals surface area contributed by atoms with Gasteiger partial charge in [-0.1, -0.05) is 12.1 Å². The molecule has 0 saturated carbocycles. The predicted octanol–water partition coefficient (Wildman–Crippen LogP) is 3.57. The quantitative estimate of drug-likeness (QED) is 0.890. The molecule has 0 aliphatic heterocycles. The minimum absolute atomic E-state index is 0.236. The van der Waals surface area contributed by atoms with E-state index in [0.717, 1.165) is 17.1 Å². The number of aryl methyl sites for hydroxylation is 1. The number of pyridine rings is 1. The molecule has 2 rings (SSSR count). The van der Waals surface area contributed by atoms with Crippen LogP contribution in [0.4, 0.5) is 5.69 Å². The van der Waals surface area contributed by atoms with Crippen LogP contribution in [0.15, 0.2) is 42.6 Å². The summed E-state index contributed by atoms with van der Waals surface area (Å²) in [5, 5.41) is 3.42. The molecule has 0 fully saturated rings. The lowest BCUT2D eigenvalue weighted by Crippen LogP contribution is -2.06. The van der Waals surface area contributed by atoms with Gasteiger partial charge in [0.05, 0.1) is 19.0 Å². The largest absolute Gasteiger partial charge is 0.497 e. The van der Waals surface area contributed by atoms with E-state index >= 15 is 0 Å². The maximum absolute atomic E-state index is 5.15. The number of benzene rings is 1. The first-order chi connectivity index (χ1) is 8.69. The van der Waals surface area contributed by atoms with Crippen molar-refractivity contribution in [1.82, 2.24) is 4.98 Å². The fourth-order valence-electron chi connectivity index (χ4n) is 1.78. The summed E-state index contributed by atoms with van der Waals surface area (Å²) in [5.41, 5.74) is 3.28. The molecule has 1 aromatic heterocycles. The molecule has 0 aliphatic carbocycles. The highest BCUT2D eigenvalue weighted by Gasteiger charge is 2.05. The molecular weight excluding hydrogens is 224 g/mol. The topological polar surface area (TPSA) is 34.1 Å². The SMILES string of the molecule is COc1ccc(C(C)Nc2ccc(C)nc2)cc1. The molecule has 1 atom stereocenters. The summed E-state index contributed by atoms with van der Waals surface area (Å²) >= 11 is 0. The summed E-state index contributed by atoms with van der Waals surface area (Å²) in [6.07, 6.45) is 1.86. The zero-order valence-corrected chi connectivity index (χ0v) is 11.0. The smallest absolute Gasteiger partial charge is 0.118 e. The second-order valence-electron chi connectivity index (χ2n) is 4.33. The summed E-state index contributed by atoms with van der Waals surface area (Å²) in [7, 11) is 1.68. The van der Waals surface area contributed by atoms with Crippen LogP contribution in [-0.4, -0.2) is 12.1 Å². The summed E-state index contributed by atoms with van der Waals surface area (Å²) in [6, 6.07) is 12.4. The van der Waals surface area contributed by atoms with E-state index in [1.54, 1.807) is 7.11 Å². The number of nitrogens with one attached hydrogen (secondary N) is 1. The standard InChI is InChI=1S/C15H18N2O/c1-11-4-7-14(10-16-11)17-12(2)13-5-8-15(18-3)9-6-13/h4-10,12,17H,1-3H3. The number of hydrogen-bond acceptors (Lipinski definition) is 3. The van der Waals surface area contributed by atoms with Crippen LogP contribution < -0.4 is 10.1 Å². The fourth-order valence-corrected chi connectivity index (χ4v) is 1.78. The Morgan fingerprint density at radius 2 is 1.83 bits per heavy atom. The lowest BCUT2D eigenvalue weighted by molar-refractivity contribution is 0.414. The molecule has 3 nitrogen and oxygen atoms in total. The third kappa shape index (κ3) is 3.00. The van der Waals surface area contributed by atoms with Crippen LogP contribution >= 0.6 is 0 Å². The van der Waals surface area contributed by atoms with Gasteiger partial charge in [-0.15, -0.1) is 0 Å². The van der Waals surface area contributed by atoms with Crippen LogP contribution in [-0.2, 0) is 0 Å². The highest BCUT2D eigenvalue weighted by molar-refractivity contribution is 5.44. The molecule has 1 aromatic carbocycles. The normalized spacial score (nSPS) is 11.9. The zero-order chi connectivity index (χ0) is 13.0. The molecule has 94 valence electrons. The number of nitrogens with zero attached hydrogens (tertiary/aromatic N) is 1. The van der Waals surface area contributed by atoms with Gasteiger partial charge in [-0.3, -0.25) is 4.98 Å². The van der Waals surface area contributed by atoms with E-state index in [2.05, 4.69) is 29.4 Å². The van der Waals surface area contributed by atoms with Crippen molar-refractivity contribution in [3.8, 4) is 5.75 Å². The Labute approximate surface area is 108 Å². The van der Waals surface area contributed by atoms with Crippen molar-refractivity contribution in [1.29, 1.82) is 0 Å². The first-order valence-electron chi connectivity index (χ1n) is 6.02. The Morgan fingerprint density at radius 1 is 1.11 bits per heavy atom. The summed E-state index contributed by atoms with van der Waals surface area (Å²) in [4.78, 5) is 4.27. The van der Waals surface area contributed by atoms with E-state index in [-0.39, 0.29) is 6.04 Å². The van der Waals surface area contributed by atoms with Gasteiger partial charge >= 0.3 is 0 Å². The molecular formula is C15H18N2O. The Kier molecular flexibility index (Phi) is 3.82. The van der Waals surface area contributed by atoms with Crippen LogP contribution in [0.2, 0.25) is 0 Å². The number of ether oxygens (including phenoxy) is 1. The number of anilines is 1. The summed E-state index contributed by atoms with van der Waals surface area (Å²) in [5.74, 6) is 0.878. The highest BCUT2D eigenvalue weighted by Crippen LogP contribution is 2.21. The molecule has 0 radical (unpaired) electrons. The lowest BCUT2D eigenvalue weighted by Gasteiger charge is -2.15. The molecule has 1 N–H and O–H groups in total. The molecule has 3 heteroatoms. The van der Waals surface area contributed by atoms with Crippen molar-refractivity contribution in [3.63, 3.8) is 0 Å². The van der Waals surface area contributed by atoms with Gasteiger partial charge < -0.3 is 10.1 Å². The van der Waals surface area contributed by atoms with Crippen LogP contribution in [0.1, 0.15) is 24.2 Å². The molecule has 1 heterocycles. The molecule has 2 aromatic rings.